The maximum atomic E-state index is 12.6. The molecule has 30 heavy (non-hydrogen) atoms. The van der Waals surface area contributed by atoms with Crippen molar-refractivity contribution in [3.05, 3.63) is 59.7 Å². The standard InChI is InChI=1S/C23H28N4O3/c1-16-11-13-27(14-12-16)23(30)18-5-7-19(8-6-18)25-15-21(28)26-20-9-3-17(4-10-20)22(29)24-2/h3-10,16,25H,11-15H2,1-2H3,(H,24,29)(H,26,28). The first-order valence-electron chi connectivity index (χ1n) is 10.2. The third-order valence-corrected chi connectivity index (χ3v) is 5.31. The number of hydrogen-bond acceptors (Lipinski definition) is 4. The monoisotopic (exact) mass is 408 g/mol. The second-order valence-electron chi connectivity index (χ2n) is 7.61. The van der Waals surface area contributed by atoms with E-state index >= 15 is 0 Å². The lowest BCUT2D eigenvalue weighted by Gasteiger charge is -2.30. The topological polar surface area (TPSA) is 90.5 Å². The molecule has 7 heteroatoms. The van der Waals surface area contributed by atoms with Crippen LogP contribution in [-0.4, -0.2) is 49.3 Å². The van der Waals surface area contributed by atoms with E-state index in [1.165, 1.54) is 0 Å². The van der Waals surface area contributed by atoms with Gasteiger partial charge in [-0.05, 0) is 67.3 Å². The van der Waals surface area contributed by atoms with Gasteiger partial charge in [0.25, 0.3) is 11.8 Å². The van der Waals surface area contributed by atoms with Crippen LogP contribution in [0.15, 0.2) is 48.5 Å². The fourth-order valence-corrected chi connectivity index (χ4v) is 3.36. The van der Waals surface area contributed by atoms with Gasteiger partial charge < -0.3 is 20.9 Å². The number of nitrogens with one attached hydrogen (secondary N) is 3. The highest BCUT2D eigenvalue weighted by molar-refractivity contribution is 5.97. The van der Waals surface area contributed by atoms with Crippen molar-refractivity contribution in [2.45, 2.75) is 19.8 Å². The summed E-state index contributed by atoms with van der Waals surface area (Å²) < 4.78 is 0. The molecule has 0 spiro atoms. The van der Waals surface area contributed by atoms with Crippen LogP contribution in [0.2, 0.25) is 0 Å². The Hall–Kier alpha value is -3.35. The van der Waals surface area contributed by atoms with Crippen LogP contribution in [0.5, 0.6) is 0 Å². The van der Waals surface area contributed by atoms with Gasteiger partial charge in [-0.15, -0.1) is 0 Å². The van der Waals surface area contributed by atoms with Crippen molar-refractivity contribution in [1.29, 1.82) is 0 Å². The molecule has 1 aliphatic heterocycles. The van der Waals surface area contributed by atoms with Gasteiger partial charge in [0.1, 0.15) is 0 Å². The number of amides is 3. The molecule has 0 aliphatic carbocycles. The Morgan fingerprint density at radius 3 is 2.07 bits per heavy atom. The van der Waals surface area contributed by atoms with Crippen LogP contribution in [0.25, 0.3) is 0 Å². The zero-order valence-electron chi connectivity index (χ0n) is 17.4. The number of rotatable bonds is 6. The van der Waals surface area contributed by atoms with Crippen LogP contribution in [0.3, 0.4) is 0 Å². The van der Waals surface area contributed by atoms with Gasteiger partial charge in [0.15, 0.2) is 0 Å². The lowest BCUT2D eigenvalue weighted by Crippen LogP contribution is -2.37. The van der Waals surface area contributed by atoms with Gasteiger partial charge in [-0.3, -0.25) is 14.4 Å². The Labute approximate surface area is 176 Å². The van der Waals surface area contributed by atoms with Crippen molar-refractivity contribution < 1.29 is 14.4 Å². The molecule has 0 atom stereocenters. The molecule has 0 bridgehead atoms. The molecule has 158 valence electrons. The summed E-state index contributed by atoms with van der Waals surface area (Å²) in [6.45, 7) is 3.93. The first kappa shape index (κ1) is 21.4. The van der Waals surface area contributed by atoms with Crippen LogP contribution >= 0.6 is 0 Å². The normalized spacial score (nSPS) is 14.1. The van der Waals surface area contributed by atoms with E-state index in [0.29, 0.717) is 22.7 Å². The molecule has 0 aromatic heterocycles. The van der Waals surface area contributed by atoms with Gasteiger partial charge >= 0.3 is 0 Å². The Bertz CT molecular complexity index is 886. The summed E-state index contributed by atoms with van der Waals surface area (Å²) in [5.41, 5.74) is 2.58. The number of carbonyl (C=O) groups excluding carboxylic acids is 3. The number of hydrogen-bond donors (Lipinski definition) is 3. The van der Waals surface area contributed by atoms with E-state index in [0.717, 1.165) is 31.6 Å². The highest BCUT2D eigenvalue weighted by Crippen LogP contribution is 2.19. The molecule has 3 amide bonds. The van der Waals surface area contributed by atoms with E-state index in [1.807, 2.05) is 17.0 Å². The molecule has 1 fully saturated rings. The lowest BCUT2D eigenvalue weighted by atomic mass is 9.98. The summed E-state index contributed by atoms with van der Waals surface area (Å²) in [6, 6.07) is 13.9. The van der Waals surface area contributed by atoms with Crippen molar-refractivity contribution in [1.82, 2.24) is 10.2 Å². The van der Waals surface area contributed by atoms with Crippen LogP contribution in [0, 0.1) is 5.92 Å². The molecule has 0 radical (unpaired) electrons. The summed E-state index contributed by atoms with van der Waals surface area (Å²) in [4.78, 5) is 38.2. The number of nitrogens with zero attached hydrogens (tertiary/aromatic N) is 1. The fraction of sp³-hybridized carbons (Fsp3) is 0.348. The molecule has 7 nitrogen and oxygen atoms in total. The minimum Gasteiger partial charge on any atom is -0.376 e. The Morgan fingerprint density at radius 1 is 0.900 bits per heavy atom. The first-order chi connectivity index (χ1) is 14.5. The van der Waals surface area contributed by atoms with Gasteiger partial charge in [-0.25, -0.2) is 0 Å². The SMILES string of the molecule is CNC(=O)c1ccc(NC(=O)CNc2ccc(C(=O)N3CCC(C)CC3)cc2)cc1. The number of anilines is 2. The van der Waals surface area contributed by atoms with Gasteiger partial charge in [0.05, 0.1) is 6.54 Å². The van der Waals surface area contributed by atoms with Crippen molar-refractivity contribution >= 4 is 29.1 Å². The summed E-state index contributed by atoms with van der Waals surface area (Å²) in [6.07, 6.45) is 2.10. The predicted molar refractivity (Wildman–Crippen MR) is 118 cm³/mol. The molecule has 3 N–H and O–H groups in total. The number of carbonyl (C=O) groups is 3. The summed E-state index contributed by atoms with van der Waals surface area (Å²) in [7, 11) is 1.57. The number of piperidine rings is 1. The highest BCUT2D eigenvalue weighted by atomic mass is 16.2. The molecular formula is C23H28N4O3. The molecule has 2 aromatic rings. The second-order valence-corrected chi connectivity index (χ2v) is 7.61. The van der Waals surface area contributed by atoms with E-state index in [9.17, 15) is 14.4 Å². The zero-order valence-corrected chi connectivity index (χ0v) is 17.4. The molecular weight excluding hydrogens is 380 g/mol. The quantitative estimate of drug-likeness (QED) is 0.685. The van der Waals surface area contributed by atoms with Gasteiger partial charge in [-0.2, -0.15) is 0 Å². The van der Waals surface area contributed by atoms with Crippen molar-refractivity contribution in [2.75, 3.05) is 37.3 Å². The van der Waals surface area contributed by atoms with E-state index in [2.05, 4.69) is 22.9 Å². The molecule has 1 heterocycles. The third-order valence-electron chi connectivity index (χ3n) is 5.31. The van der Waals surface area contributed by atoms with Crippen LogP contribution < -0.4 is 16.0 Å². The minimum atomic E-state index is -0.203. The molecule has 0 unspecified atom stereocenters. The van der Waals surface area contributed by atoms with Gasteiger partial charge in [-0.1, -0.05) is 6.92 Å². The Kier molecular flexibility index (Phi) is 7.06. The van der Waals surface area contributed by atoms with Crippen molar-refractivity contribution in [2.24, 2.45) is 5.92 Å². The zero-order chi connectivity index (χ0) is 21.5. The Morgan fingerprint density at radius 2 is 1.47 bits per heavy atom. The van der Waals surface area contributed by atoms with Crippen molar-refractivity contribution in [3.63, 3.8) is 0 Å². The van der Waals surface area contributed by atoms with Crippen molar-refractivity contribution in [3.8, 4) is 0 Å². The molecule has 1 aliphatic rings. The molecule has 0 saturated carbocycles. The summed E-state index contributed by atoms with van der Waals surface area (Å²) in [5, 5.41) is 8.38. The minimum absolute atomic E-state index is 0.0615. The highest BCUT2D eigenvalue weighted by Gasteiger charge is 2.21. The average Bonchev–Trinajstić information content (AvgIpc) is 2.78. The van der Waals surface area contributed by atoms with Gasteiger partial charge in [0.2, 0.25) is 5.91 Å². The van der Waals surface area contributed by atoms with Crippen LogP contribution in [0.1, 0.15) is 40.5 Å². The largest absolute Gasteiger partial charge is 0.376 e. The Balaban J connectivity index is 1.48. The van der Waals surface area contributed by atoms with E-state index < -0.39 is 0 Å². The summed E-state index contributed by atoms with van der Waals surface area (Å²) >= 11 is 0. The van der Waals surface area contributed by atoms with E-state index in [-0.39, 0.29) is 24.3 Å². The first-order valence-corrected chi connectivity index (χ1v) is 10.2. The fourth-order valence-electron chi connectivity index (χ4n) is 3.36. The molecule has 3 rings (SSSR count). The number of likely N-dealkylation sites (tertiary alicyclic amines) is 1. The smallest absolute Gasteiger partial charge is 0.253 e. The number of benzene rings is 2. The molecule has 2 aromatic carbocycles. The summed E-state index contributed by atoms with van der Waals surface area (Å²) in [5.74, 6) is 0.364. The maximum Gasteiger partial charge on any atom is 0.253 e. The molecule has 1 saturated heterocycles. The maximum absolute atomic E-state index is 12.6. The van der Waals surface area contributed by atoms with E-state index in [4.69, 9.17) is 0 Å². The average molecular weight is 409 g/mol. The van der Waals surface area contributed by atoms with E-state index in [1.54, 1.807) is 43.4 Å². The second kappa shape index (κ2) is 9.91. The lowest BCUT2D eigenvalue weighted by molar-refractivity contribution is -0.114. The predicted octanol–water partition coefficient (Wildman–Crippen LogP) is 2.97. The van der Waals surface area contributed by atoms with Crippen LogP contribution in [0.4, 0.5) is 11.4 Å². The van der Waals surface area contributed by atoms with Gasteiger partial charge in [0, 0.05) is 42.6 Å². The third kappa shape index (κ3) is 5.59. The van der Waals surface area contributed by atoms with Crippen LogP contribution in [-0.2, 0) is 4.79 Å².